The van der Waals surface area contributed by atoms with E-state index in [1.54, 1.807) is 7.11 Å². The zero-order valence-corrected chi connectivity index (χ0v) is 18.4. The van der Waals surface area contributed by atoms with Crippen LogP contribution in [-0.2, 0) is 6.54 Å². The third-order valence-corrected chi connectivity index (χ3v) is 6.93. The average molecular weight is 419 g/mol. The molecule has 7 heteroatoms. The number of nitrogens with one attached hydrogen (secondary N) is 2. The van der Waals surface area contributed by atoms with Crippen LogP contribution in [-0.4, -0.2) is 93.6 Å². The second-order valence-electron chi connectivity index (χ2n) is 9.21. The first-order valence-corrected chi connectivity index (χ1v) is 11.5. The minimum absolute atomic E-state index is 0.280. The van der Waals surface area contributed by atoms with Crippen LogP contribution in [0.15, 0.2) is 18.2 Å². The highest BCUT2D eigenvalue weighted by atomic mass is 16.5. The van der Waals surface area contributed by atoms with Gasteiger partial charge in [0.25, 0.3) is 0 Å². The highest BCUT2D eigenvalue weighted by Crippen LogP contribution is 2.39. The lowest BCUT2D eigenvalue weighted by molar-refractivity contribution is 0.0632. The summed E-state index contributed by atoms with van der Waals surface area (Å²) in [5, 5.41) is 17.2. The molecular formula is C23H38N4O3. The molecule has 3 saturated heterocycles. The molecule has 0 bridgehead atoms. The Morgan fingerprint density at radius 2 is 1.77 bits per heavy atom. The maximum Gasteiger partial charge on any atom is 0.161 e. The predicted octanol–water partition coefficient (Wildman–Crippen LogP) is 0.916. The molecule has 3 N–H and O–H groups in total. The van der Waals surface area contributed by atoms with Crippen LogP contribution in [0.5, 0.6) is 11.5 Å². The third-order valence-electron chi connectivity index (χ3n) is 6.93. The van der Waals surface area contributed by atoms with Crippen molar-refractivity contribution in [1.82, 2.24) is 20.4 Å². The molecule has 3 aliphatic heterocycles. The normalized spacial score (nSPS) is 23.5. The summed E-state index contributed by atoms with van der Waals surface area (Å²) >= 11 is 0. The van der Waals surface area contributed by atoms with E-state index in [4.69, 9.17) is 9.47 Å². The molecule has 3 fully saturated rings. The Kier molecular flexibility index (Phi) is 7.49. The maximum absolute atomic E-state index is 10.4. The van der Waals surface area contributed by atoms with Gasteiger partial charge in [-0.1, -0.05) is 6.07 Å². The Labute approximate surface area is 180 Å². The van der Waals surface area contributed by atoms with Crippen molar-refractivity contribution in [3.8, 4) is 11.5 Å². The third kappa shape index (κ3) is 5.65. The Morgan fingerprint density at radius 1 is 1.00 bits per heavy atom. The van der Waals surface area contributed by atoms with Gasteiger partial charge in [0.1, 0.15) is 12.7 Å². The molecule has 3 aliphatic rings. The summed E-state index contributed by atoms with van der Waals surface area (Å²) in [4.78, 5) is 4.86. The molecule has 1 spiro atoms. The zero-order valence-electron chi connectivity index (χ0n) is 18.4. The Balaban J connectivity index is 1.28. The number of β-amino-alcohol motifs (C(OH)–C–C–N with tert-alkyl or cyclic N) is 1. The topological polar surface area (TPSA) is 69.2 Å². The lowest BCUT2D eigenvalue weighted by Gasteiger charge is -2.34. The SMILES string of the molecule is COc1cc(CN2CCC3(CCNCC3)C2)ccc1OCC(O)CN1CCNCC1. The summed E-state index contributed by atoms with van der Waals surface area (Å²) in [7, 11) is 1.68. The number of piperazine rings is 1. The van der Waals surface area contributed by atoms with Crippen LogP contribution in [0.3, 0.4) is 0 Å². The Bertz CT molecular complexity index is 674. The van der Waals surface area contributed by atoms with E-state index in [-0.39, 0.29) is 6.61 Å². The molecule has 0 aliphatic carbocycles. The van der Waals surface area contributed by atoms with E-state index in [0.29, 0.717) is 17.7 Å². The first-order valence-electron chi connectivity index (χ1n) is 11.5. The summed E-state index contributed by atoms with van der Waals surface area (Å²) in [6.45, 7) is 10.5. The minimum atomic E-state index is -0.502. The lowest BCUT2D eigenvalue weighted by atomic mass is 9.78. The van der Waals surface area contributed by atoms with E-state index < -0.39 is 6.10 Å². The summed E-state index contributed by atoms with van der Waals surface area (Å²) in [6.07, 6.45) is 3.42. The standard InChI is InChI=1S/C23H38N4O3/c1-29-22-14-19(15-27-11-6-23(18-27)4-7-24-8-5-23)2-3-21(22)30-17-20(28)16-26-12-9-25-10-13-26/h2-3,14,20,24-25,28H,4-13,15-18H2,1H3. The zero-order chi connectivity index (χ0) is 20.8. The number of likely N-dealkylation sites (tertiary alicyclic amines) is 1. The van der Waals surface area contributed by atoms with Crippen molar-refractivity contribution >= 4 is 0 Å². The summed E-state index contributed by atoms with van der Waals surface area (Å²) in [6, 6.07) is 6.21. The van der Waals surface area contributed by atoms with Gasteiger partial charge in [0, 0.05) is 45.8 Å². The summed E-state index contributed by atoms with van der Waals surface area (Å²) < 4.78 is 11.5. The van der Waals surface area contributed by atoms with E-state index in [9.17, 15) is 5.11 Å². The molecule has 30 heavy (non-hydrogen) atoms. The number of benzene rings is 1. The lowest BCUT2D eigenvalue weighted by Crippen LogP contribution is -2.47. The molecule has 1 atom stereocenters. The van der Waals surface area contributed by atoms with Crippen molar-refractivity contribution in [2.45, 2.75) is 31.9 Å². The first kappa shape index (κ1) is 21.8. The fourth-order valence-electron chi connectivity index (χ4n) is 5.15. The fourth-order valence-corrected chi connectivity index (χ4v) is 5.15. The van der Waals surface area contributed by atoms with Crippen LogP contribution in [0.4, 0.5) is 0 Å². The Morgan fingerprint density at radius 3 is 2.53 bits per heavy atom. The number of piperidine rings is 1. The van der Waals surface area contributed by atoms with Crippen molar-refractivity contribution in [3.63, 3.8) is 0 Å². The van der Waals surface area contributed by atoms with Crippen LogP contribution >= 0.6 is 0 Å². The maximum atomic E-state index is 10.4. The molecule has 0 aromatic heterocycles. The first-order chi connectivity index (χ1) is 14.7. The fraction of sp³-hybridized carbons (Fsp3) is 0.739. The molecule has 1 unspecified atom stereocenters. The van der Waals surface area contributed by atoms with Crippen molar-refractivity contribution in [2.24, 2.45) is 5.41 Å². The number of methoxy groups -OCH3 is 1. The predicted molar refractivity (Wildman–Crippen MR) is 118 cm³/mol. The molecule has 0 saturated carbocycles. The van der Waals surface area contributed by atoms with Gasteiger partial charge in [-0.25, -0.2) is 0 Å². The molecule has 3 heterocycles. The number of nitrogens with zero attached hydrogens (tertiary/aromatic N) is 2. The monoisotopic (exact) mass is 418 g/mol. The van der Waals surface area contributed by atoms with Crippen molar-refractivity contribution < 1.29 is 14.6 Å². The quantitative estimate of drug-likeness (QED) is 0.580. The molecule has 1 aromatic rings. The second-order valence-corrected chi connectivity index (χ2v) is 9.21. The van der Waals surface area contributed by atoms with Gasteiger partial charge in [-0.15, -0.1) is 0 Å². The number of rotatable bonds is 8. The van der Waals surface area contributed by atoms with Gasteiger partial charge in [-0.3, -0.25) is 9.80 Å². The van der Waals surface area contributed by atoms with Gasteiger partial charge in [0.2, 0.25) is 0 Å². The molecular weight excluding hydrogens is 380 g/mol. The van der Waals surface area contributed by atoms with Gasteiger partial charge < -0.3 is 25.2 Å². The molecule has 1 aromatic carbocycles. The van der Waals surface area contributed by atoms with E-state index in [2.05, 4.69) is 32.6 Å². The van der Waals surface area contributed by atoms with Crippen molar-refractivity contribution in [1.29, 1.82) is 0 Å². The molecule has 168 valence electrons. The summed E-state index contributed by atoms with van der Waals surface area (Å²) in [5.74, 6) is 1.45. The minimum Gasteiger partial charge on any atom is -0.493 e. The molecule has 0 amide bonds. The number of ether oxygens (including phenoxy) is 2. The van der Waals surface area contributed by atoms with Gasteiger partial charge in [-0.05, 0) is 62.0 Å². The number of hydrogen-bond donors (Lipinski definition) is 3. The van der Waals surface area contributed by atoms with Crippen LogP contribution in [0.2, 0.25) is 0 Å². The van der Waals surface area contributed by atoms with Crippen molar-refractivity contribution in [2.75, 3.05) is 72.6 Å². The van der Waals surface area contributed by atoms with E-state index in [1.165, 1.54) is 37.9 Å². The van der Waals surface area contributed by atoms with Gasteiger partial charge in [0.15, 0.2) is 11.5 Å². The largest absolute Gasteiger partial charge is 0.493 e. The summed E-state index contributed by atoms with van der Waals surface area (Å²) in [5.41, 5.74) is 1.78. The average Bonchev–Trinajstić information content (AvgIpc) is 3.15. The molecule has 0 radical (unpaired) electrons. The smallest absolute Gasteiger partial charge is 0.161 e. The van der Waals surface area contributed by atoms with Gasteiger partial charge in [0.05, 0.1) is 7.11 Å². The van der Waals surface area contributed by atoms with Crippen molar-refractivity contribution in [3.05, 3.63) is 23.8 Å². The van der Waals surface area contributed by atoms with E-state index in [0.717, 1.165) is 51.6 Å². The highest BCUT2D eigenvalue weighted by Gasteiger charge is 2.38. The van der Waals surface area contributed by atoms with E-state index >= 15 is 0 Å². The van der Waals surface area contributed by atoms with Gasteiger partial charge >= 0.3 is 0 Å². The van der Waals surface area contributed by atoms with Crippen LogP contribution in [0, 0.1) is 5.41 Å². The van der Waals surface area contributed by atoms with Crippen LogP contribution in [0.1, 0.15) is 24.8 Å². The van der Waals surface area contributed by atoms with Crippen LogP contribution < -0.4 is 20.1 Å². The number of hydrogen-bond acceptors (Lipinski definition) is 7. The van der Waals surface area contributed by atoms with Gasteiger partial charge in [-0.2, -0.15) is 0 Å². The van der Waals surface area contributed by atoms with Crippen LogP contribution in [0.25, 0.3) is 0 Å². The number of aliphatic hydroxyl groups is 1. The number of aliphatic hydroxyl groups excluding tert-OH is 1. The highest BCUT2D eigenvalue weighted by molar-refractivity contribution is 5.43. The molecule has 4 rings (SSSR count). The van der Waals surface area contributed by atoms with E-state index in [1.807, 2.05) is 6.07 Å². The molecule has 7 nitrogen and oxygen atoms in total. The Hall–Kier alpha value is -1.38. The second kappa shape index (κ2) is 10.3.